The number of aromatic nitrogens is 1. The molecular weight excluding hydrogens is 260 g/mol. The summed E-state index contributed by atoms with van der Waals surface area (Å²) in [5.41, 5.74) is 3.64. The quantitative estimate of drug-likeness (QED) is 0.904. The van der Waals surface area contributed by atoms with Crippen LogP contribution in [0.4, 0.5) is 0 Å². The highest BCUT2D eigenvalue weighted by atomic mass is 16.5. The molecule has 21 heavy (non-hydrogen) atoms. The molecule has 1 aromatic heterocycles. The van der Waals surface area contributed by atoms with Crippen LogP contribution in [-0.2, 0) is 6.54 Å². The first-order valence-electron chi connectivity index (χ1n) is 7.28. The summed E-state index contributed by atoms with van der Waals surface area (Å²) >= 11 is 0. The van der Waals surface area contributed by atoms with Gasteiger partial charge in [0, 0.05) is 24.3 Å². The summed E-state index contributed by atoms with van der Waals surface area (Å²) < 4.78 is 5.81. The summed E-state index contributed by atoms with van der Waals surface area (Å²) in [6, 6.07) is 10.1. The normalized spacial score (nSPS) is 11.5. The minimum absolute atomic E-state index is 0.105. The van der Waals surface area contributed by atoms with E-state index in [1.165, 1.54) is 11.1 Å². The van der Waals surface area contributed by atoms with Gasteiger partial charge in [-0.2, -0.15) is 0 Å². The van der Waals surface area contributed by atoms with Crippen molar-refractivity contribution in [2.45, 2.75) is 46.7 Å². The van der Waals surface area contributed by atoms with E-state index in [0.717, 1.165) is 17.9 Å². The van der Waals surface area contributed by atoms with Gasteiger partial charge >= 0.3 is 0 Å². The number of aryl methyl sites for hydroxylation is 2. The molecule has 1 N–H and O–H groups in total. The number of nitrogens with zero attached hydrogens (tertiary/aromatic N) is 1. The molecule has 0 unspecified atom stereocenters. The first-order chi connectivity index (χ1) is 9.82. The predicted octanol–water partition coefficient (Wildman–Crippen LogP) is 4.38. The fraction of sp³-hybridized carbons (Fsp3) is 0.389. The Morgan fingerprint density at radius 2 is 1.71 bits per heavy atom. The Bertz CT molecular complexity index is 577. The second-order valence-electron chi connectivity index (χ2n) is 6.53. The number of rotatable bonds is 4. The molecule has 0 saturated carbocycles. The van der Waals surface area contributed by atoms with E-state index in [4.69, 9.17) is 4.74 Å². The summed E-state index contributed by atoms with van der Waals surface area (Å²) in [5.74, 6) is 1.46. The number of pyridine rings is 1. The van der Waals surface area contributed by atoms with Gasteiger partial charge in [-0.3, -0.25) is 0 Å². The van der Waals surface area contributed by atoms with Crippen molar-refractivity contribution in [1.82, 2.24) is 10.3 Å². The molecule has 0 bridgehead atoms. The molecule has 0 amide bonds. The van der Waals surface area contributed by atoms with Gasteiger partial charge in [0.25, 0.3) is 0 Å². The second-order valence-corrected chi connectivity index (χ2v) is 6.53. The Hall–Kier alpha value is -1.87. The minimum Gasteiger partial charge on any atom is -0.439 e. The van der Waals surface area contributed by atoms with E-state index >= 15 is 0 Å². The van der Waals surface area contributed by atoms with Crippen LogP contribution in [-0.4, -0.2) is 10.5 Å². The van der Waals surface area contributed by atoms with Gasteiger partial charge in [0.15, 0.2) is 0 Å². The van der Waals surface area contributed by atoms with E-state index in [1.807, 2.05) is 30.5 Å². The van der Waals surface area contributed by atoms with Crippen molar-refractivity contribution in [3.8, 4) is 11.6 Å². The van der Waals surface area contributed by atoms with Gasteiger partial charge in [-0.1, -0.05) is 12.1 Å². The van der Waals surface area contributed by atoms with Gasteiger partial charge in [0.05, 0.1) is 0 Å². The largest absolute Gasteiger partial charge is 0.439 e. The summed E-state index contributed by atoms with van der Waals surface area (Å²) in [7, 11) is 0. The van der Waals surface area contributed by atoms with Gasteiger partial charge in [0.2, 0.25) is 5.88 Å². The van der Waals surface area contributed by atoms with E-state index in [-0.39, 0.29) is 5.54 Å². The highest BCUT2D eigenvalue weighted by molar-refractivity contribution is 5.35. The lowest BCUT2D eigenvalue weighted by Gasteiger charge is -2.20. The second kappa shape index (κ2) is 6.27. The third kappa shape index (κ3) is 5.20. The van der Waals surface area contributed by atoms with Gasteiger partial charge < -0.3 is 10.1 Å². The Morgan fingerprint density at radius 1 is 1.05 bits per heavy atom. The first kappa shape index (κ1) is 15.5. The summed E-state index contributed by atoms with van der Waals surface area (Å²) in [6.07, 6.45) is 1.86. The molecule has 0 aliphatic rings. The Morgan fingerprint density at radius 3 is 2.24 bits per heavy atom. The molecule has 0 saturated heterocycles. The van der Waals surface area contributed by atoms with E-state index in [1.54, 1.807) is 0 Å². The predicted molar refractivity (Wildman–Crippen MR) is 86.8 cm³/mol. The van der Waals surface area contributed by atoms with Crippen LogP contribution in [0.1, 0.15) is 37.5 Å². The van der Waals surface area contributed by atoms with Crippen molar-refractivity contribution in [3.05, 3.63) is 53.2 Å². The lowest BCUT2D eigenvalue weighted by molar-refractivity contribution is 0.423. The third-order valence-corrected chi connectivity index (χ3v) is 3.04. The third-order valence-electron chi connectivity index (χ3n) is 3.04. The van der Waals surface area contributed by atoms with Crippen molar-refractivity contribution in [2.75, 3.05) is 0 Å². The topological polar surface area (TPSA) is 34.1 Å². The van der Waals surface area contributed by atoms with E-state index < -0.39 is 0 Å². The van der Waals surface area contributed by atoms with Crippen molar-refractivity contribution in [2.24, 2.45) is 0 Å². The number of hydrogen-bond donors (Lipinski definition) is 1. The highest BCUT2D eigenvalue weighted by Crippen LogP contribution is 2.22. The van der Waals surface area contributed by atoms with Crippen LogP contribution in [0.5, 0.6) is 11.6 Å². The van der Waals surface area contributed by atoms with Crippen molar-refractivity contribution < 1.29 is 4.74 Å². The molecule has 2 aromatic rings. The summed E-state index contributed by atoms with van der Waals surface area (Å²) in [5, 5.41) is 3.44. The van der Waals surface area contributed by atoms with Crippen LogP contribution in [0.25, 0.3) is 0 Å². The zero-order chi connectivity index (χ0) is 15.5. The maximum atomic E-state index is 5.81. The molecule has 1 aromatic carbocycles. The van der Waals surface area contributed by atoms with Crippen LogP contribution in [0, 0.1) is 13.8 Å². The molecule has 0 radical (unpaired) electrons. The maximum absolute atomic E-state index is 5.81. The molecule has 2 rings (SSSR count). The Labute approximate surface area is 127 Å². The Kier molecular flexibility index (Phi) is 4.63. The number of ether oxygens (including phenoxy) is 1. The molecular formula is C18H24N2O. The first-order valence-corrected chi connectivity index (χ1v) is 7.28. The van der Waals surface area contributed by atoms with Crippen molar-refractivity contribution in [1.29, 1.82) is 0 Å². The van der Waals surface area contributed by atoms with Gasteiger partial charge in [-0.05, 0) is 63.4 Å². The van der Waals surface area contributed by atoms with Gasteiger partial charge in [0.1, 0.15) is 5.75 Å². The monoisotopic (exact) mass is 284 g/mol. The van der Waals surface area contributed by atoms with E-state index in [9.17, 15) is 0 Å². The average Bonchev–Trinajstić information content (AvgIpc) is 2.36. The molecule has 0 atom stereocenters. The smallest absolute Gasteiger partial charge is 0.219 e. The molecule has 3 nitrogen and oxygen atoms in total. The van der Waals surface area contributed by atoms with Gasteiger partial charge in [-0.15, -0.1) is 0 Å². The lowest BCUT2D eigenvalue weighted by atomic mass is 10.1. The molecule has 0 fully saturated rings. The highest BCUT2D eigenvalue weighted by Gasteiger charge is 2.08. The SMILES string of the molecule is Cc1cc(C)cc(Oc2ccc(CNC(C)(C)C)cn2)c1. The van der Waals surface area contributed by atoms with E-state index in [2.05, 4.69) is 51.0 Å². The van der Waals surface area contributed by atoms with Crippen LogP contribution in [0.2, 0.25) is 0 Å². The van der Waals surface area contributed by atoms with Crippen molar-refractivity contribution in [3.63, 3.8) is 0 Å². The van der Waals surface area contributed by atoms with E-state index in [0.29, 0.717) is 5.88 Å². The molecule has 0 aliphatic heterocycles. The zero-order valence-electron chi connectivity index (χ0n) is 13.5. The molecule has 0 spiro atoms. The molecule has 112 valence electrons. The standard InChI is InChI=1S/C18H24N2O/c1-13-8-14(2)10-16(9-13)21-17-7-6-15(11-19-17)12-20-18(3,4)5/h6-11,20H,12H2,1-5H3. The molecule has 1 heterocycles. The minimum atomic E-state index is 0.105. The van der Waals surface area contributed by atoms with Gasteiger partial charge in [-0.25, -0.2) is 4.98 Å². The molecule has 3 heteroatoms. The Balaban J connectivity index is 2.02. The maximum Gasteiger partial charge on any atom is 0.219 e. The summed E-state index contributed by atoms with van der Waals surface area (Å²) in [4.78, 5) is 4.37. The van der Waals surface area contributed by atoms with Crippen LogP contribution >= 0.6 is 0 Å². The average molecular weight is 284 g/mol. The van der Waals surface area contributed by atoms with Crippen LogP contribution < -0.4 is 10.1 Å². The summed E-state index contributed by atoms with van der Waals surface area (Å²) in [6.45, 7) is 11.4. The molecule has 0 aliphatic carbocycles. The fourth-order valence-electron chi connectivity index (χ4n) is 2.06. The zero-order valence-corrected chi connectivity index (χ0v) is 13.5. The number of benzene rings is 1. The van der Waals surface area contributed by atoms with Crippen LogP contribution in [0.3, 0.4) is 0 Å². The lowest BCUT2D eigenvalue weighted by Crippen LogP contribution is -2.35. The number of nitrogens with one attached hydrogen (secondary N) is 1. The fourth-order valence-corrected chi connectivity index (χ4v) is 2.06. The van der Waals surface area contributed by atoms with Crippen LogP contribution in [0.15, 0.2) is 36.5 Å². The van der Waals surface area contributed by atoms with Crippen molar-refractivity contribution >= 4 is 0 Å². The number of hydrogen-bond acceptors (Lipinski definition) is 3.